The van der Waals surface area contributed by atoms with E-state index in [0.717, 1.165) is 0 Å². The van der Waals surface area contributed by atoms with E-state index in [9.17, 15) is 0 Å². The van der Waals surface area contributed by atoms with Crippen molar-refractivity contribution >= 4 is 32.4 Å². The number of hydrogen-bond acceptors (Lipinski definition) is 0. The first-order valence-electron chi connectivity index (χ1n) is 12.2. The van der Waals surface area contributed by atoms with Gasteiger partial charge in [0.2, 0.25) is 0 Å². The minimum Gasteiger partial charge on any atom is -0.147 e. The Hall–Kier alpha value is 0.471. The van der Waals surface area contributed by atoms with Gasteiger partial charge in [-0.1, -0.05) is 0 Å². The van der Waals surface area contributed by atoms with Crippen LogP contribution in [0.1, 0.15) is 105 Å². The Morgan fingerprint density at radius 1 is 0.667 bits per heavy atom. The van der Waals surface area contributed by atoms with Crippen LogP contribution in [0.25, 0.3) is 0 Å². The number of halogens is 2. The third-order valence-electron chi connectivity index (χ3n) is 7.02. The molecule has 4 heteroatoms. The number of hydrogen-bond donors (Lipinski definition) is 0. The molecule has 0 spiro atoms. The first-order chi connectivity index (χ1) is 13.3. The molecule has 0 heterocycles. The zero-order valence-corrected chi connectivity index (χ0v) is 25.3. The van der Waals surface area contributed by atoms with Crippen LogP contribution in [0.15, 0.2) is 42.2 Å². The van der Waals surface area contributed by atoms with Crippen molar-refractivity contribution < 1.29 is 14.0 Å². The molecule has 2 aliphatic rings. The fourth-order valence-corrected chi connectivity index (χ4v) is 15.1. The maximum absolute atomic E-state index is 2.85. The smallest absolute Gasteiger partial charge is 0.147 e. The van der Waals surface area contributed by atoms with E-state index in [-0.39, 0.29) is 24.8 Å². The van der Waals surface area contributed by atoms with Gasteiger partial charge in [0.1, 0.15) is 0 Å². The number of allylic oxidation sites excluding steroid dienone is 8. The fraction of sp³-hybridized carbons (Fsp3) is 0.692. The molecule has 0 bridgehead atoms. The van der Waals surface area contributed by atoms with Gasteiger partial charge in [0.15, 0.2) is 0 Å². The molecule has 30 heavy (non-hydrogen) atoms. The summed E-state index contributed by atoms with van der Waals surface area (Å²) in [6, 6.07) is 0. The SMILES string of the molecule is CCCCC1=CC(CCC)=[C]([Ti]([CH3])([CH3])(=[SiH2])[C]2=C(CCC)C=C(CCCC)C2)C1.Cl.Cl. The summed E-state index contributed by atoms with van der Waals surface area (Å²) >= 11 is -2.85. The molecule has 0 atom stereocenters. The van der Waals surface area contributed by atoms with Crippen molar-refractivity contribution in [3.8, 4) is 0 Å². The van der Waals surface area contributed by atoms with Gasteiger partial charge in [0.25, 0.3) is 0 Å². The molecule has 0 aromatic rings. The largest absolute Gasteiger partial charge is 0.147 e. The van der Waals surface area contributed by atoms with Gasteiger partial charge in [0, 0.05) is 0 Å². The molecule has 0 fully saturated rings. The molecular weight excluding hydrogens is 459 g/mol. The molecule has 0 nitrogen and oxygen atoms in total. The zero-order chi connectivity index (χ0) is 20.8. The third-order valence-corrected chi connectivity index (χ3v) is 18.1. The maximum Gasteiger partial charge on any atom is -0.147 e. The van der Waals surface area contributed by atoms with Gasteiger partial charge in [-0.2, -0.15) is 0 Å². The van der Waals surface area contributed by atoms with E-state index in [1.54, 1.807) is 22.3 Å². The van der Waals surface area contributed by atoms with Crippen LogP contribution in [0.2, 0.25) is 10.5 Å². The molecule has 0 amide bonds. The molecule has 174 valence electrons. The molecule has 0 radical (unpaired) electrons. The van der Waals surface area contributed by atoms with Crippen molar-refractivity contribution in [3.05, 3.63) is 42.2 Å². The summed E-state index contributed by atoms with van der Waals surface area (Å²) in [5.41, 5.74) is 6.97. The van der Waals surface area contributed by atoms with E-state index < -0.39 is 14.0 Å². The number of unbranched alkanes of at least 4 members (excludes halogenated alkanes) is 2. The molecule has 0 aliphatic heterocycles. The van der Waals surface area contributed by atoms with Crippen molar-refractivity contribution in [1.82, 2.24) is 0 Å². The van der Waals surface area contributed by atoms with Crippen LogP contribution in [0, 0.1) is 0 Å². The standard InChI is InChI=1S/2C12H19.2CH3.2ClH.H2Si.Ti/c2*1-3-5-7-12-9-8-11(10-12)6-4-2;;;;;;/h2*10H,3-7,9H2,1-2H3;2*1H3;2*1H;1H2;. The molecule has 0 aromatic heterocycles. The second kappa shape index (κ2) is 13.2. The van der Waals surface area contributed by atoms with Crippen molar-refractivity contribution in [1.29, 1.82) is 0 Å². The van der Waals surface area contributed by atoms with Gasteiger partial charge < -0.3 is 0 Å². The Morgan fingerprint density at radius 3 is 1.33 bits per heavy atom. The summed E-state index contributed by atoms with van der Waals surface area (Å²) in [6.45, 7) is 9.36. The van der Waals surface area contributed by atoms with Gasteiger partial charge in [-0.05, 0) is 0 Å². The molecule has 0 saturated carbocycles. The Labute approximate surface area is 202 Å². The average molecular weight is 508 g/mol. The van der Waals surface area contributed by atoms with Gasteiger partial charge in [-0.3, -0.25) is 0 Å². The third kappa shape index (κ3) is 7.24. The van der Waals surface area contributed by atoms with Crippen molar-refractivity contribution in [2.24, 2.45) is 0 Å². The molecule has 0 saturated heterocycles. The molecule has 0 N–H and O–H groups in total. The van der Waals surface area contributed by atoms with Crippen LogP contribution >= 0.6 is 24.8 Å². The van der Waals surface area contributed by atoms with Gasteiger partial charge >= 0.3 is 179 Å². The quantitative estimate of drug-likeness (QED) is 0.231. The topological polar surface area (TPSA) is 0 Å². The predicted molar refractivity (Wildman–Crippen MR) is 143 cm³/mol. The number of rotatable bonds is 12. The maximum atomic E-state index is 2.75. The first kappa shape index (κ1) is 30.5. The first-order valence-corrected chi connectivity index (χ1v) is 20.9. The molecule has 0 unspecified atom stereocenters. The van der Waals surface area contributed by atoms with Crippen molar-refractivity contribution in [3.63, 3.8) is 0 Å². The van der Waals surface area contributed by atoms with Crippen LogP contribution in [-0.2, 0) is 14.0 Å². The van der Waals surface area contributed by atoms with E-state index >= 15 is 0 Å². The monoisotopic (exact) mass is 506 g/mol. The van der Waals surface area contributed by atoms with E-state index in [1.165, 1.54) is 77.0 Å². The van der Waals surface area contributed by atoms with Crippen LogP contribution in [0.4, 0.5) is 0 Å². The minimum atomic E-state index is -2.85. The summed E-state index contributed by atoms with van der Waals surface area (Å²) in [4.78, 5) is 0. The van der Waals surface area contributed by atoms with Gasteiger partial charge in [0.05, 0.1) is 0 Å². The Balaban J connectivity index is 0.00000420. The van der Waals surface area contributed by atoms with Crippen molar-refractivity contribution in [2.45, 2.75) is 115 Å². The van der Waals surface area contributed by atoms with E-state index in [4.69, 9.17) is 0 Å². The summed E-state index contributed by atoms with van der Waals surface area (Å²) in [5, 5.41) is 5.50. The van der Waals surface area contributed by atoms with Gasteiger partial charge in [-0.15, -0.1) is 24.8 Å². The summed E-state index contributed by atoms with van der Waals surface area (Å²) in [7, 11) is 2.47. The van der Waals surface area contributed by atoms with E-state index in [1.807, 2.05) is 7.76 Å². The molecule has 2 rings (SSSR count). The van der Waals surface area contributed by atoms with Crippen LogP contribution in [0.5, 0.6) is 0 Å². The van der Waals surface area contributed by atoms with Crippen LogP contribution < -0.4 is 0 Å². The predicted octanol–water partition coefficient (Wildman–Crippen LogP) is 9.31. The fourth-order valence-electron chi connectivity index (χ4n) is 5.34. The molecule has 0 aromatic carbocycles. The van der Waals surface area contributed by atoms with Crippen molar-refractivity contribution in [2.75, 3.05) is 0 Å². The van der Waals surface area contributed by atoms with Crippen LogP contribution in [-0.4, -0.2) is 7.63 Å². The summed E-state index contributed by atoms with van der Waals surface area (Å²) < 4.78 is 3.86. The molecule has 2 aliphatic carbocycles. The van der Waals surface area contributed by atoms with Crippen LogP contribution in [0.3, 0.4) is 0 Å². The Kier molecular flexibility index (Phi) is 13.5. The van der Waals surface area contributed by atoms with Gasteiger partial charge in [-0.25, -0.2) is 0 Å². The second-order valence-electron chi connectivity index (χ2n) is 10.4. The Bertz CT molecular complexity index is 704. The zero-order valence-electron chi connectivity index (χ0n) is 20.7. The summed E-state index contributed by atoms with van der Waals surface area (Å²) in [6.07, 6.45) is 21.0. The van der Waals surface area contributed by atoms with E-state index in [2.05, 4.69) is 57.9 Å². The van der Waals surface area contributed by atoms with E-state index in [0.29, 0.717) is 0 Å². The normalized spacial score (nSPS) is 17.0. The second-order valence-corrected chi connectivity index (χ2v) is 29.4. The molecular formula is C26H48Cl2SiTi. The Morgan fingerprint density at radius 2 is 1.03 bits per heavy atom. The average Bonchev–Trinajstić information content (AvgIpc) is 3.24. The minimum absolute atomic E-state index is 0. The summed E-state index contributed by atoms with van der Waals surface area (Å²) in [5.74, 6) is 0.